The summed E-state index contributed by atoms with van der Waals surface area (Å²) in [6, 6.07) is 13.3. The molecule has 2 aromatic rings. The van der Waals surface area contributed by atoms with Gasteiger partial charge >= 0.3 is 0 Å². The maximum absolute atomic E-state index is 12.1. The number of carbonyl (C=O) groups excluding carboxylic acids is 2. The molecule has 2 amide bonds. The zero-order chi connectivity index (χ0) is 19.2. The summed E-state index contributed by atoms with van der Waals surface area (Å²) in [6.07, 6.45) is 1.74. The van der Waals surface area contributed by atoms with Crippen molar-refractivity contribution in [1.82, 2.24) is 10.6 Å². The highest BCUT2D eigenvalue weighted by molar-refractivity contribution is 9.10. The number of furan rings is 1. The summed E-state index contributed by atoms with van der Waals surface area (Å²) in [5, 5.41) is 15.6. The van der Waals surface area contributed by atoms with E-state index in [4.69, 9.17) is 4.42 Å². The smallest absolute Gasteiger partial charge is 0.230 e. The molecule has 0 bridgehead atoms. The van der Waals surface area contributed by atoms with Gasteiger partial charge in [0.1, 0.15) is 5.76 Å². The highest BCUT2D eigenvalue weighted by atomic mass is 79.9. The molecule has 0 saturated heterocycles. The lowest BCUT2D eigenvalue weighted by molar-refractivity contribution is -0.121. The number of nitrogens with one attached hydrogen (secondary N) is 2. The molecular weight excluding hydrogens is 430 g/mol. The lowest BCUT2D eigenvalue weighted by Crippen LogP contribution is -2.32. The van der Waals surface area contributed by atoms with Gasteiger partial charge in [-0.25, -0.2) is 0 Å². The zero-order valence-corrected chi connectivity index (χ0v) is 16.6. The minimum absolute atomic E-state index is 0.0900. The fourth-order valence-corrected chi connectivity index (χ4v) is 4.05. The summed E-state index contributed by atoms with van der Waals surface area (Å²) < 4.78 is 6.05. The average molecular weight is 446 g/mol. The highest BCUT2D eigenvalue weighted by Crippen LogP contribution is 2.36. The molecule has 0 radical (unpaired) electrons. The molecule has 138 valence electrons. The maximum atomic E-state index is 12.1. The van der Waals surface area contributed by atoms with Crippen LogP contribution in [0.3, 0.4) is 0 Å². The molecule has 1 aromatic carbocycles. The van der Waals surface area contributed by atoms with Crippen LogP contribution in [0.15, 0.2) is 62.2 Å². The van der Waals surface area contributed by atoms with Crippen molar-refractivity contribution in [2.45, 2.75) is 18.9 Å². The van der Waals surface area contributed by atoms with Gasteiger partial charge in [-0.1, -0.05) is 39.8 Å². The maximum Gasteiger partial charge on any atom is 0.230 e. The van der Waals surface area contributed by atoms with E-state index < -0.39 is 0 Å². The normalized spacial score (nSPS) is 16.6. The Morgan fingerprint density at radius 1 is 1.41 bits per heavy atom. The first kappa shape index (κ1) is 19.3. The van der Waals surface area contributed by atoms with Gasteiger partial charge in [-0.2, -0.15) is 5.26 Å². The van der Waals surface area contributed by atoms with Crippen LogP contribution in [0.25, 0.3) is 0 Å². The average Bonchev–Trinajstić information content (AvgIpc) is 3.18. The lowest BCUT2D eigenvalue weighted by atomic mass is 9.87. The van der Waals surface area contributed by atoms with Gasteiger partial charge in [0.15, 0.2) is 0 Å². The molecule has 2 heterocycles. The number of benzene rings is 1. The molecule has 1 aliphatic rings. The molecule has 0 aliphatic carbocycles. The minimum Gasteiger partial charge on any atom is -0.467 e. The monoisotopic (exact) mass is 445 g/mol. The number of nitriles is 1. The van der Waals surface area contributed by atoms with E-state index in [-0.39, 0.29) is 29.9 Å². The van der Waals surface area contributed by atoms with Gasteiger partial charge in [-0.15, -0.1) is 0 Å². The second-order valence-electron chi connectivity index (χ2n) is 5.86. The predicted molar refractivity (Wildman–Crippen MR) is 105 cm³/mol. The fraction of sp³-hybridized carbons (Fsp3) is 0.211. The van der Waals surface area contributed by atoms with Crippen molar-refractivity contribution >= 4 is 39.5 Å². The van der Waals surface area contributed by atoms with Crippen LogP contribution in [0.2, 0.25) is 0 Å². The summed E-state index contributed by atoms with van der Waals surface area (Å²) >= 11 is 4.57. The Kier molecular flexibility index (Phi) is 6.37. The Morgan fingerprint density at radius 2 is 2.26 bits per heavy atom. The van der Waals surface area contributed by atoms with Gasteiger partial charge in [0.25, 0.3) is 0 Å². The SMILES string of the molecule is N#CC1=C(SCC(=O)NCc2ccco2)NC(=O)C[C@@H]1c1cccc(Br)c1. The molecule has 1 aliphatic heterocycles. The number of carbonyl (C=O) groups is 2. The molecule has 27 heavy (non-hydrogen) atoms. The van der Waals surface area contributed by atoms with Crippen LogP contribution in [0.1, 0.15) is 23.7 Å². The van der Waals surface area contributed by atoms with E-state index in [0.29, 0.717) is 22.9 Å². The first-order valence-corrected chi connectivity index (χ1v) is 9.96. The van der Waals surface area contributed by atoms with Gasteiger partial charge in [-0.3, -0.25) is 9.59 Å². The first-order chi connectivity index (χ1) is 13.1. The number of thioether (sulfide) groups is 1. The molecular formula is C19H16BrN3O3S. The Bertz CT molecular complexity index is 919. The van der Waals surface area contributed by atoms with Crippen LogP contribution in [0, 0.1) is 11.3 Å². The third-order valence-corrected chi connectivity index (χ3v) is 5.50. The second kappa shape index (κ2) is 8.93. The number of hydrogen-bond acceptors (Lipinski definition) is 5. The lowest BCUT2D eigenvalue weighted by Gasteiger charge is -2.25. The molecule has 0 saturated carbocycles. The van der Waals surface area contributed by atoms with E-state index in [0.717, 1.165) is 21.8 Å². The molecule has 1 atom stereocenters. The Labute approximate surface area is 169 Å². The van der Waals surface area contributed by atoms with Crippen LogP contribution in [-0.4, -0.2) is 17.6 Å². The molecule has 3 rings (SSSR count). The predicted octanol–water partition coefficient (Wildman–Crippen LogP) is 3.43. The van der Waals surface area contributed by atoms with Crippen molar-refractivity contribution < 1.29 is 14.0 Å². The standard InChI is InChI=1S/C19H16BrN3O3S/c20-13-4-1-3-12(7-13)15-8-17(24)23-19(16(15)9-21)27-11-18(25)22-10-14-5-2-6-26-14/h1-7,15H,8,10-11H2,(H,22,25)(H,23,24)/t15-/m1/s1. The third-order valence-electron chi connectivity index (χ3n) is 3.99. The topological polar surface area (TPSA) is 95.1 Å². The fourth-order valence-electron chi connectivity index (χ4n) is 2.73. The van der Waals surface area contributed by atoms with Crippen LogP contribution in [-0.2, 0) is 16.1 Å². The van der Waals surface area contributed by atoms with E-state index in [1.165, 1.54) is 0 Å². The highest BCUT2D eigenvalue weighted by Gasteiger charge is 2.29. The number of amides is 2. The quantitative estimate of drug-likeness (QED) is 0.709. The molecule has 0 spiro atoms. The first-order valence-electron chi connectivity index (χ1n) is 8.18. The van der Waals surface area contributed by atoms with Gasteiger partial charge in [0.2, 0.25) is 11.8 Å². The number of hydrogen-bond donors (Lipinski definition) is 2. The Hall–Kier alpha value is -2.50. The van der Waals surface area contributed by atoms with Crippen LogP contribution < -0.4 is 10.6 Å². The molecule has 0 unspecified atom stereocenters. The van der Waals surface area contributed by atoms with Gasteiger partial charge in [0, 0.05) is 16.8 Å². The Balaban J connectivity index is 1.70. The van der Waals surface area contributed by atoms with Crippen molar-refractivity contribution in [2.24, 2.45) is 0 Å². The van der Waals surface area contributed by atoms with Crippen molar-refractivity contribution in [2.75, 3.05) is 5.75 Å². The van der Waals surface area contributed by atoms with Gasteiger partial charge in [-0.05, 0) is 29.8 Å². The van der Waals surface area contributed by atoms with Crippen LogP contribution in [0.4, 0.5) is 0 Å². The van der Waals surface area contributed by atoms with Gasteiger partial charge in [0.05, 0.1) is 35.2 Å². The summed E-state index contributed by atoms with van der Waals surface area (Å²) in [5.74, 6) is 0.0468. The number of nitrogens with zero attached hydrogens (tertiary/aromatic N) is 1. The summed E-state index contributed by atoms with van der Waals surface area (Å²) in [5.41, 5.74) is 1.35. The number of rotatable bonds is 6. The summed E-state index contributed by atoms with van der Waals surface area (Å²) in [4.78, 5) is 24.2. The second-order valence-corrected chi connectivity index (χ2v) is 7.76. The molecule has 0 fully saturated rings. The van der Waals surface area contributed by atoms with Gasteiger partial charge < -0.3 is 15.1 Å². The van der Waals surface area contributed by atoms with E-state index in [1.54, 1.807) is 18.4 Å². The zero-order valence-electron chi connectivity index (χ0n) is 14.2. The van der Waals surface area contributed by atoms with Crippen molar-refractivity contribution in [3.8, 4) is 6.07 Å². The summed E-state index contributed by atoms with van der Waals surface area (Å²) in [7, 11) is 0. The third kappa shape index (κ3) is 5.02. The molecule has 6 nitrogen and oxygen atoms in total. The Morgan fingerprint density at radius 3 is 2.96 bits per heavy atom. The van der Waals surface area contributed by atoms with Crippen molar-refractivity contribution in [1.29, 1.82) is 5.26 Å². The summed E-state index contributed by atoms with van der Waals surface area (Å²) in [6.45, 7) is 0.295. The molecule has 8 heteroatoms. The van der Waals surface area contributed by atoms with Crippen molar-refractivity contribution in [3.63, 3.8) is 0 Å². The minimum atomic E-state index is -0.324. The van der Waals surface area contributed by atoms with E-state index in [2.05, 4.69) is 32.6 Å². The van der Waals surface area contributed by atoms with E-state index >= 15 is 0 Å². The van der Waals surface area contributed by atoms with Crippen LogP contribution >= 0.6 is 27.7 Å². The van der Waals surface area contributed by atoms with Crippen LogP contribution in [0.5, 0.6) is 0 Å². The molecule has 2 N–H and O–H groups in total. The number of halogens is 1. The van der Waals surface area contributed by atoms with E-state index in [1.807, 2.05) is 24.3 Å². The van der Waals surface area contributed by atoms with Crippen molar-refractivity contribution in [3.05, 3.63) is 69.1 Å². The largest absolute Gasteiger partial charge is 0.467 e. The number of allylic oxidation sites excluding steroid dienone is 1. The van der Waals surface area contributed by atoms with E-state index in [9.17, 15) is 14.9 Å². The molecule has 1 aromatic heterocycles.